The molecule has 3 saturated carbocycles. The number of carboxylic acids is 1. The largest absolute Gasteiger partial charge is 0.481 e. The molecule has 0 aromatic carbocycles. The smallest absolute Gasteiger partial charge is 0.307 e. The lowest BCUT2D eigenvalue weighted by Gasteiger charge is -2.71. The van der Waals surface area contributed by atoms with Crippen molar-refractivity contribution < 1.29 is 34.0 Å². The highest BCUT2D eigenvalue weighted by molar-refractivity contribution is 5.73. The van der Waals surface area contributed by atoms with Crippen LogP contribution in [0.15, 0.2) is 11.6 Å². The molecular weight excluding hydrogens is 584 g/mol. The second-order valence-electron chi connectivity index (χ2n) is 17.1. The lowest BCUT2D eigenvalue weighted by atomic mass is 9.34. The monoisotopic (exact) mass is 646 g/mol. The molecule has 46 heavy (non-hydrogen) atoms. The van der Waals surface area contributed by atoms with Gasteiger partial charge in [-0.05, 0) is 78.4 Å². The highest BCUT2D eigenvalue weighted by Crippen LogP contribution is 2.75. The molecule has 1 unspecified atom stereocenters. The third-order valence-electron chi connectivity index (χ3n) is 14.6. The minimum atomic E-state index is -0.652. The summed E-state index contributed by atoms with van der Waals surface area (Å²) in [5.41, 5.74) is 5.80. The average molecular weight is 647 g/mol. The summed E-state index contributed by atoms with van der Waals surface area (Å²) in [6.07, 6.45) is 7.05. The van der Waals surface area contributed by atoms with Crippen LogP contribution in [0.3, 0.4) is 0 Å². The summed E-state index contributed by atoms with van der Waals surface area (Å²) in [7, 11) is 0. The van der Waals surface area contributed by atoms with Gasteiger partial charge in [-0.25, -0.2) is 0 Å². The van der Waals surface area contributed by atoms with Gasteiger partial charge in [0, 0.05) is 36.9 Å². The molecule has 262 valence electrons. The maximum Gasteiger partial charge on any atom is 0.307 e. The van der Waals surface area contributed by atoms with Crippen molar-refractivity contribution in [1.82, 2.24) is 5.32 Å². The van der Waals surface area contributed by atoms with Crippen LogP contribution in [0, 0.1) is 56.7 Å². The zero-order valence-corrected chi connectivity index (χ0v) is 29.7. The zero-order chi connectivity index (χ0) is 33.9. The van der Waals surface area contributed by atoms with Crippen LogP contribution in [0.25, 0.3) is 0 Å². The van der Waals surface area contributed by atoms with Gasteiger partial charge in [-0.15, -0.1) is 0 Å². The van der Waals surface area contributed by atoms with Gasteiger partial charge in [0.05, 0.1) is 32.3 Å². The summed E-state index contributed by atoms with van der Waals surface area (Å²) in [5.74, 6) is -0.125. The number of hydrogen-bond acceptors (Lipinski definition) is 8. The van der Waals surface area contributed by atoms with E-state index in [2.05, 4.69) is 59.9 Å². The van der Waals surface area contributed by atoms with Gasteiger partial charge in [-0.2, -0.15) is 0 Å². The number of carboxylic acid groups (broad SMARTS) is 1. The fourth-order valence-corrected chi connectivity index (χ4v) is 11.8. The van der Waals surface area contributed by atoms with Crippen molar-refractivity contribution in [3.63, 3.8) is 0 Å². The molecule has 4 aliphatic carbocycles. The van der Waals surface area contributed by atoms with Crippen molar-refractivity contribution in [3.8, 4) is 0 Å². The number of fused-ring (bicyclic) bond motifs is 3. The number of ether oxygens (including phenoxy) is 3. The Bertz CT molecular complexity index is 1190. The molecule has 5 rings (SSSR count). The Morgan fingerprint density at radius 1 is 1.11 bits per heavy atom. The van der Waals surface area contributed by atoms with Crippen LogP contribution in [0.2, 0.25) is 0 Å². The predicted molar refractivity (Wildman–Crippen MR) is 177 cm³/mol. The lowest BCUT2D eigenvalue weighted by Crippen LogP contribution is -2.70. The predicted octanol–water partition coefficient (Wildman–Crippen LogP) is 4.80. The zero-order valence-electron chi connectivity index (χ0n) is 29.7. The van der Waals surface area contributed by atoms with Gasteiger partial charge in [0.25, 0.3) is 0 Å². The van der Waals surface area contributed by atoms with Crippen LogP contribution < -0.4 is 11.1 Å². The molecule has 1 aliphatic heterocycles. The van der Waals surface area contributed by atoms with Crippen molar-refractivity contribution in [2.75, 3.05) is 39.5 Å². The normalized spacial score (nSPS) is 44.7. The highest BCUT2D eigenvalue weighted by Gasteiger charge is 2.72. The molecule has 1 heterocycles. The fourth-order valence-electron chi connectivity index (χ4n) is 11.8. The molecular formula is C37H62N2O7. The van der Waals surface area contributed by atoms with Gasteiger partial charge >= 0.3 is 11.9 Å². The number of carbonyl (C=O) groups is 2. The Labute approximate surface area is 276 Å². The minimum Gasteiger partial charge on any atom is -0.481 e. The molecule has 0 aromatic heterocycles. The maximum absolute atomic E-state index is 13.3. The van der Waals surface area contributed by atoms with E-state index in [1.54, 1.807) is 0 Å². The SMILES string of the molecule is CC(=O)O[C@@H]1C[C@@]23COC[C@@](C)(C2CC[C@H]2C3=CC[C@@]3(C)[C@H](C(=O)O)[C@@](C)([C@H](C)C(C)C)CC[C@]23C)[C@H]1OCCNC[C@@H](N)CO. The van der Waals surface area contributed by atoms with Crippen LogP contribution >= 0.6 is 0 Å². The first kappa shape index (κ1) is 35.8. The van der Waals surface area contributed by atoms with Crippen molar-refractivity contribution >= 4 is 11.9 Å². The van der Waals surface area contributed by atoms with E-state index in [-0.39, 0.29) is 57.7 Å². The van der Waals surface area contributed by atoms with E-state index in [1.807, 2.05) is 0 Å². The van der Waals surface area contributed by atoms with Crippen LogP contribution in [-0.4, -0.2) is 79.9 Å². The summed E-state index contributed by atoms with van der Waals surface area (Å²) in [5, 5.41) is 23.4. The van der Waals surface area contributed by atoms with Crippen LogP contribution in [0.4, 0.5) is 0 Å². The topological polar surface area (TPSA) is 140 Å². The Hall–Kier alpha value is -1.52. The highest BCUT2D eigenvalue weighted by atomic mass is 16.6. The first-order valence-corrected chi connectivity index (χ1v) is 17.9. The number of aliphatic hydroxyl groups is 1. The number of rotatable bonds is 11. The first-order chi connectivity index (χ1) is 21.5. The molecule has 9 heteroatoms. The van der Waals surface area contributed by atoms with Crippen LogP contribution in [0.5, 0.6) is 0 Å². The quantitative estimate of drug-likeness (QED) is 0.142. The fraction of sp³-hybridized carbons (Fsp3) is 0.892. The van der Waals surface area contributed by atoms with Crippen molar-refractivity contribution in [2.45, 2.75) is 112 Å². The summed E-state index contributed by atoms with van der Waals surface area (Å²) in [4.78, 5) is 25.9. The molecule has 1 saturated heterocycles. The van der Waals surface area contributed by atoms with Crippen molar-refractivity contribution in [2.24, 2.45) is 62.4 Å². The minimum absolute atomic E-state index is 0.0768. The number of allylic oxidation sites excluding steroid dienone is 1. The van der Waals surface area contributed by atoms with E-state index < -0.39 is 18.0 Å². The number of aliphatic carboxylic acids is 1. The maximum atomic E-state index is 13.3. The standard InChI is InChI=1S/C37H62N2O7/c1-22(2)23(3)33(5)13-14-35(7)26-9-10-29-34(6)20-44-21-37(29,27(26)11-12-36(35,8)30(33)32(42)43)17-28(46-24(4)41)31(34)45-16-15-39-18-25(38)19-40/h11,22-23,25-26,28-31,39-40H,9-10,12-21,38H2,1-8H3,(H,42,43)/t23-,25-,26+,28-,29?,30-,31+,33-,34+,35-,36+,37+/m1/s1. The number of carbonyl (C=O) groups excluding carboxylic acids is 1. The van der Waals surface area contributed by atoms with E-state index >= 15 is 0 Å². The number of aliphatic hydroxyl groups excluding tert-OH is 1. The third kappa shape index (κ3) is 5.39. The van der Waals surface area contributed by atoms with Gasteiger partial charge in [-0.1, -0.05) is 60.1 Å². The molecule has 0 aromatic rings. The number of nitrogens with one attached hydrogen (secondary N) is 1. The molecule has 0 spiro atoms. The molecule has 2 bridgehead atoms. The Morgan fingerprint density at radius 2 is 1.83 bits per heavy atom. The number of hydrogen-bond donors (Lipinski definition) is 4. The van der Waals surface area contributed by atoms with Gasteiger partial charge in [0.15, 0.2) is 0 Å². The van der Waals surface area contributed by atoms with Gasteiger partial charge < -0.3 is 35.5 Å². The number of nitrogens with two attached hydrogens (primary N) is 1. The van der Waals surface area contributed by atoms with E-state index in [9.17, 15) is 19.8 Å². The van der Waals surface area contributed by atoms with Crippen molar-refractivity contribution in [1.29, 1.82) is 0 Å². The van der Waals surface area contributed by atoms with Crippen LogP contribution in [-0.2, 0) is 23.8 Å². The average Bonchev–Trinajstić information content (AvgIpc) is 2.97. The van der Waals surface area contributed by atoms with Crippen molar-refractivity contribution in [3.05, 3.63) is 11.6 Å². The first-order valence-electron chi connectivity index (χ1n) is 17.9. The molecule has 9 nitrogen and oxygen atoms in total. The summed E-state index contributed by atoms with van der Waals surface area (Å²) in [6, 6.07) is -0.321. The van der Waals surface area contributed by atoms with Gasteiger partial charge in [0.1, 0.15) is 12.2 Å². The van der Waals surface area contributed by atoms with E-state index in [0.717, 1.165) is 32.1 Å². The second-order valence-corrected chi connectivity index (χ2v) is 17.1. The summed E-state index contributed by atoms with van der Waals surface area (Å²) in [6.45, 7) is 20.0. The van der Waals surface area contributed by atoms with E-state index in [4.69, 9.17) is 19.9 Å². The Morgan fingerprint density at radius 3 is 2.46 bits per heavy atom. The Balaban J connectivity index is 1.50. The molecule has 0 radical (unpaired) electrons. The molecule has 0 amide bonds. The molecule has 12 atom stereocenters. The van der Waals surface area contributed by atoms with E-state index in [0.29, 0.717) is 57.1 Å². The second kappa shape index (κ2) is 12.7. The summed E-state index contributed by atoms with van der Waals surface area (Å²) < 4.78 is 19.3. The summed E-state index contributed by atoms with van der Waals surface area (Å²) >= 11 is 0. The lowest BCUT2D eigenvalue weighted by molar-refractivity contribution is -0.266. The van der Waals surface area contributed by atoms with Crippen LogP contribution in [0.1, 0.15) is 93.9 Å². The van der Waals surface area contributed by atoms with Gasteiger partial charge in [0.2, 0.25) is 0 Å². The Kier molecular flexibility index (Phi) is 9.91. The van der Waals surface area contributed by atoms with Gasteiger partial charge in [-0.3, -0.25) is 9.59 Å². The third-order valence-corrected chi connectivity index (χ3v) is 14.6. The molecule has 5 aliphatic rings. The molecule has 4 fully saturated rings. The molecule has 5 N–H and O–H groups in total. The van der Waals surface area contributed by atoms with E-state index in [1.165, 1.54) is 12.5 Å². The number of esters is 1.